The van der Waals surface area contributed by atoms with E-state index in [-0.39, 0.29) is 0 Å². The van der Waals surface area contributed by atoms with Gasteiger partial charge in [0.1, 0.15) is 11.4 Å². The van der Waals surface area contributed by atoms with Crippen molar-refractivity contribution in [1.82, 2.24) is 15.2 Å². The number of nitrogens with one attached hydrogen (secondary N) is 1. The van der Waals surface area contributed by atoms with Crippen LogP contribution in [-0.2, 0) is 0 Å². The molecule has 0 aliphatic heterocycles. The van der Waals surface area contributed by atoms with Crippen LogP contribution in [0, 0.1) is 0 Å². The Morgan fingerprint density at radius 1 is 0.839 bits per heavy atom. The van der Waals surface area contributed by atoms with Crippen molar-refractivity contribution in [2.45, 2.75) is 11.3 Å². The van der Waals surface area contributed by atoms with Crippen molar-refractivity contribution in [2.24, 2.45) is 0 Å². The lowest BCUT2D eigenvalue weighted by Gasteiger charge is -2.13. The van der Waals surface area contributed by atoms with Gasteiger partial charge >= 0.3 is 0 Å². The summed E-state index contributed by atoms with van der Waals surface area (Å²) in [4.78, 5) is 4.76. The van der Waals surface area contributed by atoms with Gasteiger partial charge in [0.15, 0.2) is 0 Å². The lowest BCUT2D eigenvalue weighted by Crippen LogP contribution is -2.22. The van der Waals surface area contributed by atoms with E-state index >= 15 is 0 Å². The zero-order valence-corrected chi connectivity index (χ0v) is 18.2. The van der Waals surface area contributed by atoms with Gasteiger partial charge in [-0.05, 0) is 18.2 Å². The Morgan fingerprint density at radius 3 is 2.19 bits per heavy atom. The summed E-state index contributed by atoms with van der Waals surface area (Å²) >= 11 is 7.37. The average molecular weight is 449 g/mol. The fourth-order valence-electron chi connectivity index (χ4n) is 3.02. The van der Waals surface area contributed by atoms with Crippen LogP contribution in [0.1, 0.15) is 0 Å². The van der Waals surface area contributed by atoms with Gasteiger partial charge in [0.05, 0.1) is 6.10 Å². The third-order valence-electron chi connectivity index (χ3n) is 4.53. The van der Waals surface area contributed by atoms with E-state index in [1.807, 2.05) is 84.9 Å². The monoisotopic (exact) mass is 448 g/mol. The van der Waals surface area contributed by atoms with Crippen molar-refractivity contribution >= 4 is 29.1 Å². The highest BCUT2D eigenvalue weighted by molar-refractivity contribution is 7.99. The van der Waals surface area contributed by atoms with Crippen LogP contribution >= 0.6 is 23.4 Å². The highest BCUT2D eigenvalue weighted by Crippen LogP contribution is 2.29. The number of anilines is 1. The zero-order chi connectivity index (χ0) is 21.5. The molecule has 4 rings (SSSR count). The van der Waals surface area contributed by atoms with E-state index in [2.05, 4.69) is 15.5 Å². The standard InChI is InChI=1S/C24H21ClN4OS/c25-19-12-7-13-20(14-19)26-15-21(30)16-31-24-27-22(17-8-3-1-4-9-17)23(28-29-24)18-10-5-2-6-11-18/h1-14,21,26,30H,15-16H2. The lowest BCUT2D eigenvalue weighted by atomic mass is 10.0. The van der Waals surface area contributed by atoms with Crippen LogP contribution in [0.4, 0.5) is 5.69 Å². The molecule has 7 heteroatoms. The quantitative estimate of drug-likeness (QED) is 0.350. The van der Waals surface area contributed by atoms with E-state index in [1.165, 1.54) is 11.8 Å². The van der Waals surface area contributed by atoms with Gasteiger partial charge in [0.2, 0.25) is 5.16 Å². The second-order valence-electron chi connectivity index (χ2n) is 6.88. The van der Waals surface area contributed by atoms with Gasteiger partial charge in [-0.1, -0.05) is 90.1 Å². The zero-order valence-electron chi connectivity index (χ0n) is 16.6. The molecule has 0 amide bonds. The number of hydrogen-bond acceptors (Lipinski definition) is 6. The Morgan fingerprint density at radius 2 is 1.52 bits per heavy atom. The molecule has 4 aromatic rings. The minimum Gasteiger partial charge on any atom is -0.390 e. The third kappa shape index (κ3) is 5.82. The number of aromatic nitrogens is 3. The summed E-state index contributed by atoms with van der Waals surface area (Å²) in [6, 6.07) is 27.3. The predicted octanol–water partition coefficient (Wildman–Crippen LogP) is 5.42. The minimum absolute atomic E-state index is 0.397. The molecule has 1 heterocycles. The molecule has 0 bridgehead atoms. The third-order valence-corrected chi connectivity index (χ3v) is 5.75. The van der Waals surface area contributed by atoms with Gasteiger partial charge in [-0.15, -0.1) is 10.2 Å². The summed E-state index contributed by atoms with van der Waals surface area (Å²) in [5.41, 5.74) is 4.31. The number of rotatable bonds is 8. The first-order valence-electron chi connectivity index (χ1n) is 9.85. The predicted molar refractivity (Wildman–Crippen MR) is 127 cm³/mol. The first-order valence-corrected chi connectivity index (χ1v) is 11.2. The molecule has 3 aromatic carbocycles. The molecule has 0 saturated carbocycles. The second-order valence-corrected chi connectivity index (χ2v) is 8.30. The van der Waals surface area contributed by atoms with Gasteiger partial charge in [0, 0.05) is 34.1 Å². The van der Waals surface area contributed by atoms with Crippen molar-refractivity contribution in [3.8, 4) is 22.5 Å². The number of benzene rings is 3. The molecule has 0 fully saturated rings. The normalized spacial score (nSPS) is 11.8. The van der Waals surface area contributed by atoms with Gasteiger partial charge < -0.3 is 10.4 Å². The Kier molecular flexibility index (Phi) is 7.14. The van der Waals surface area contributed by atoms with E-state index in [9.17, 15) is 5.11 Å². The van der Waals surface area contributed by atoms with Crippen LogP contribution in [-0.4, -0.2) is 38.7 Å². The van der Waals surface area contributed by atoms with Crippen LogP contribution in [0.2, 0.25) is 5.02 Å². The fourth-order valence-corrected chi connectivity index (χ4v) is 3.93. The molecule has 2 N–H and O–H groups in total. The number of thioether (sulfide) groups is 1. The molecule has 0 aliphatic carbocycles. The highest BCUT2D eigenvalue weighted by atomic mass is 35.5. The highest BCUT2D eigenvalue weighted by Gasteiger charge is 2.15. The Labute approximate surface area is 190 Å². The van der Waals surface area contributed by atoms with Crippen molar-refractivity contribution in [3.63, 3.8) is 0 Å². The van der Waals surface area contributed by atoms with Crippen LogP contribution in [0.5, 0.6) is 0 Å². The number of aliphatic hydroxyl groups is 1. The van der Waals surface area contributed by atoms with Gasteiger partial charge in [-0.3, -0.25) is 0 Å². The summed E-state index contributed by atoms with van der Waals surface area (Å²) in [6.07, 6.45) is -0.582. The summed E-state index contributed by atoms with van der Waals surface area (Å²) < 4.78 is 0. The molecule has 5 nitrogen and oxygen atoms in total. The Balaban J connectivity index is 1.47. The molecular formula is C24H21ClN4OS. The molecule has 31 heavy (non-hydrogen) atoms. The summed E-state index contributed by atoms with van der Waals surface area (Å²) in [5, 5.41) is 23.5. The Hall–Kier alpha value is -2.93. The van der Waals surface area contributed by atoms with E-state index in [4.69, 9.17) is 16.6 Å². The summed E-state index contributed by atoms with van der Waals surface area (Å²) in [5.74, 6) is 0.439. The second kappa shape index (κ2) is 10.4. The number of nitrogens with zero attached hydrogens (tertiary/aromatic N) is 3. The van der Waals surface area contributed by atoms with Crippen LogP contribution in [0.15, 0.2) is 90.1 Å². The SMILES string of the molecule is OC(CNc1cccc(Cl)c1)CSc1nnc(-c2ccccc2)c(-c2ccccc2)n1. The summed E-state index contributed by atoms with van der Waals surface area (Å²) in [7, 11) is 0. The molecule has 0 aliphatic rings. The number of hydrogen-bond donors (Lipinski definition) is 2. The fraction of sp³-hybridized carbons (Fsp3) is 0.125. The maximum atomic E-state index is 10.4. The summed E-state index contributed by atoms with van der Waals surface area (Å²) in [6.45, 7) is 0.397. The van der Waals surface area contributed by atoms with Crippen molar-refractivity contribution in [2.75, 3.05) is 17.6 Å². The first kappa shape index (κ1) is 21.3. The topological polar surface area (TPSA) is 70.9 Å². The molecule has 156 valence electrons. The maximum absolute atomic E-state index is 10.4. The molecule has 0 saturated heterocycles. The number of aliphatic hydroxyl groups excluding tert-OH is 1. The van der Waals surface area contributed by atoms with Gasteiger partial charge in [-0.25, -0.2) is 4.98 Å². The molecule has 0 spiro atoms. The van der Waals surface area contributed by atoms with E-state index in [1.54, 1.807) is 0 Å². The number of halogens is 1. The van der Waals surface area contributed by atoms with Gasteiger partial charge in [0.25, 0.3) is 0 Å². The van der Waals surface area contributed by atoms with Crippen LogP contribution < -0.4 is 5.32 Å². The van der Waals surface area contributed by atoms with Crippen molar-refractivity contribution in [1.29, 1.82) is 0 Å². The van der Waals surface area contributed by atoms with E-state index in [0.29, 0.717) is 22.5 Å². The smallest absolute Gasteiger partial charge is 0.209 e. The average Bonchev–Trinajstić information content (AvgIpc) is 2.82. The van der Waals surface area contributed by atoms with Crippen LogP contribution in [0.3, 0.4) is 0 Å². The largest absolute Gasteiger partial charge is 0.390 e. The van der Waals surface area contributed by atoms with Crippen LogP contribution in [0.25, 0.3) is 22.5 Å². The molecule has 0 radical (unpaired) electrons. The van der Waals surface area contributed by atoms with Crippen molar-refractivity contribution < 1.29 is 5.11 Å². The van der Waals surface area contributed by atoms with Crippen molar-refractivity contribution in [3.05, 3.63) is 90.0 Å². The Bertz CT molecular complexity index is 1130. The van der Waals surface area contributed by atoms with Gasteiger partial charge in [-0.2, -0.15) is 0 Å². The molecule has 1 unspecified atom stereocenters. The first-order chi connectivity index (χ1) is 15.2. The molecular weight excluding hydrogens is 428 g/mol. The lowest BCUT2D eigenvalue weighted by molar-refractivity contribution is 0.213. The van der Waals surface area contributed by atoms with E-state index < -0.39 is 6.10 Å². The van der Waals surface area contributed by atoms with E-state index in [0.717, 1.165) is 28.2 Å². The minimum atomic E-state index is -0.582. The molecule has 1 aromatic heterocycles. The molecule has 1 atom stereocenters. The maximum Gasteiger partial charge on any atom is 0.209 e.